The minimum Gasteiger partial charge on any atom is -0.360 e. The van der Waals surface area contributed by atoms with Crippen LogP contribution in [0.15, 0.2) is 10.6 Å². The van der Waals surface area contributed by atoms with E-state index in [9.17, 15) is 8.42 Å². The first-order valence-corrected chi connectivity index (χ1v) is 6.17. The fourth-order valence-electron chi connectivity index (χ4n) is 0.854. The molecule has 0 fully saturated rings. The van der Waals surface area contributed by atoms with E-state index in [1.165, 1.54) is 0 Å². The Balaban J connectivity index is 2.48. The molecule has 0 aromatic carbocycles. The van der Waals surface area contributed by atoms with Crippen molar-refractivity contribution < 1.29 is 12.9 Å². The van der Waals surface area contributed by atoms with Crippen molar-refractivity contribution in [2.75, 3.05) is 11.6 Å². The Bertz CT molecular complexity index is 387. The van der Waals surface area contributed by atoms with E-state index in [-0.39, 0.29) is 18.2 Å². The fraction of sp³-hybridized carbons (Fsp3) is 0.571. The highest BCUT2D eigenvalue weighted by atomic mass is 35.5. The predicted molar refractivity (Wildman–Crippen MR) is 52.6 cm³/mol. The van der Waals surface area contributed by atoms with Gasteiger partial charge in [-0.25, -0.2) is 13.1 Å². The van der Waals surface area contributed by atoms with E-state index in [1.54, 1.807) is 13.0 Å². The molecule has 1 aromatic rings. The van der Waals surface area contributed by atoms with Gasteiger partial charge in [-0.05, 0) is 6.92 Å². The van der Waals surface area contributed by atoms with Crippen LogP contribution in [-0.2, 0) is 16.6 Å². The molecule has 0 bridgehead atoms. The number of rotatable bonds is 5. The number of hydrogen-bond acceptors (Lipinski definition) is 4. The van der Waals surface area contributed by atoms with Gasteiger partial charge in [-0.15, -0.1) is 11.6 Å². The lowest BCUT2D eigenvalue weighted by molar-refractivity contribution is 0.377. The predicted octanol–water partition coefficient (Wildman–Crippen LogP) is 0.641. The summed E-state index contributed by atoms with van der Waals surface area (Å²) in [5.41, 5.74) is 0.719. The van der Waals surface area contributed by atoms with Gasteiger partial charge in [0.05, 0.1) is 18.0 Å². The number of sulfonamides is 1. The van der Waals surface area contributed by atoms with Gasteiger partial charge in [0.1, 0.15) is 0 Å². The molecular weight excluding hydrogens is 228 g/mol. The van der Waals surface area contributed by atoms with Crippen LogP contribution in [0.4, 0.5) is 0 Å². The first-order chi connectivity index (χ1) is 6.53. The lowest BCUT2D eigenvalue weighted by Gasteiger charge is -2.01. The van der Waals surface area contributed by atoms with Gasteiger partial charge in [0, 0.05) is 11.9 Å². The lowest BCUT2D eigenvalue weighted by Crippen LogP contribution is -2.26. The molecule has 0 saturated carbocycles. The van der Waals surface area contributed by atoms with Crippen LogP contribution in [0.5, 0.6) is 0 Å². The molecule has 1 heterocycles. The summed E-state index contributed by atoms with van der Waals surface area (Å²) in [5.74, 6) is 0.465. The Morgan fingerprint density at radius 1 is 1.64 bits per heavy atom. The summed E-state index contributed by atoms with van der Waals surface area (Å²) in [6.45, 7) is 1.88. The third kappa shape index (κ3) is 3.65. The Kier molecular flexibility index (Phi) is 3.91. The SMILES string of the molecule is Cc1cc(CNS(=O)(=O)CCCl)on1. The van der Waals surface area contributed by atoms with Crippen LogP contribution < -0.4 is 4.72 Å². The van der Waals surface area contributed by atoms with E-state index >= 15 is 0 Å². The topological polar surface area (TPSA) is 72.2 Å². The smallest absolute Gasteiger partial charge is 0.213 e. The van der Waals surface area contributed by atoms with Crippen molar-refractivity contribution in [3.63, 3.8) is 0 Å². The average Bonchev–Trinajstić information content (AvgIpc) is 2.48. The molecule has 0 aliphatic rings. The van der Waals surface area contributed by atoms with Gasteiger partial charge in [0.25, 0.3) is 0 Å². The van der Waals surface area contributed by atoms with Crippen molar-refractivity contribution in [2.24, 2.45) is 0 Å². The van der Waals surface area contributed by atoms with Crippen LogP contribution in [0.2, 0.25) is 0 Å². The molecule has 14 heavy (non-hydrogen) atoms. The molecule has 1 aromatic heterocycles. The van der Waals surface area contributed by atoms with E-state index in [2.05, 4.69) is 9.88 Å². The molecule has 0 saturated heterocycles. The quantitative estimate of drug-likeness (QED) is 0.765. The number of nitrogens with one attached hydrogen (secondary N) is 1. The van der Waals surface area contributed by atoms with Crippen LogP contribution in [0.25, 0.3) is 0 Å². The van der Waals surface area contributed by atoms with Gasteiger partial charge in [-0.1, -0.05) is 5.16 Å². The Morgan fingerprint density at radius 2 is 2.36 bits per heavy atom. The summed E-state index contributed by atoms with van der Waals surface area (Å²) >= 11 is 5.32. The van der Waals surface area contributed by atoms with Crippen molar-refractivity contribution in [1.82, 2.24) is 9.88 Å². The van der Waals surface area contributed by atoms with Gasteiger partial charge in [0.15, 0.2) is 5.76 Å². The van der Waals surface area contributed by atoms with Crippen LogP contribution in [0, 0.1) is 6.92 Å². The summed E-state index contributed by atoms with van der Waals surface area (Å²) in [7, 11) is -3.29. The van der Waals surface area contributed by atoms with Crippen LogP contribution in [0.3, 0.4) is 0 Å². The molecule has 0 atom stereocenters. The van der Waals surface area contributed by atoms with E-state index in [1.807, 2.05) is 0 Å². The molecule has 0 amide bonds. The molecule has 0 spiro atoms. The largest absolute Gasteiger partial charge is 0.360 e. The minimum absolute atomic E-state index is 0.0742. The number of nitrogens with zero attached hydrogens (tertiary/aromatic N) is 1. The molecule has 80 valence electrons. The van der Waals surface area contributed by atoms with E-state index in [0.29, 0.717) is 5.76 Å². The zero-order valence-electron chi connectivity index (χ0n) is 7.66. The number of alkyl halides is 1. The summed E-state index contributed by atoms with van der Waals surface area (Å²) in [4.78, 5) is 0. The monoisotopic (exact) mass is 238 g/mol. The molecule has 1 N–H and O–H groups in total. The zero-order valence-corrected chi connectivity index (χ0v) is 9.23. The van der Waals surface area contributed by atoms with Gasteiger partial charge in [-0.2, -0.15) is 0 Å². The van der Waals surface area contributed by atoms with Gasteiger partial charge in [-0.3, -0.25) is 0 Å². The van der Waals surface area contributed by atoms with Gasteiger partial charge in [0.2, 0.25) is 10.0 Å². The standard InChI is InChI=1S/C7H11ClN2O3S/c1-6-4-7(13-10-6)5-9-14(11,12)3-2-8/h4,9H,2-3,5H2,1H3. The molecular formula is C7H11ClN2O3S. The van der Waals surface area contributed by atoms with Crippen molar-refractivity contribution in [1.29, 1.82) is 0 Å². The molecule has 0 radical (unpaired) electrons. The zero-order chi connectivity index (χ0) is 10.6. The third-order valence-electron chi connectivity index (χ3n) is 1.49. The Labute approximate surface area is 87.5 Å². The van der Waals surface area contributed by atoms with Crippen LogP contribution in [-0.4, -0.2) is 25.2 Å². The molecule has 1 rings (SSSR count). The highest BCUT2D eigenvalue weighted by Gasteiger charge is 2.10. The summed E-state index contributed by atoms with van der Waals surface area (Å²) in [6, 6.07) is 1.67. The van der Waals surface area contributed by atoms with E-state index in [4.69, 9.17) is 16.1 Å². The van der Waals surface area contributed by atoms with Crippen molar-refractivity contribution in [3.8, 4) is 0 Å². The molecule has 0 aliphatic heterocycles. The number of aryl methyl sites for hydroxylation is 1. The normalized spacial score (nSPS) is 11.9. The maximum Gasteiger partial charge on any atom is 0.213 e. The van der Waals surface area contributed by atoms with E-state index in [0.717, 1.165) is 5.69 Å². The summed E-state index contributed by atoms with van der Waals surface area (Å²) < 4.78 is 29.5. The van der Waals surface area contributed by atoms with Gasteiger partial charge < -0.3 is 4.52 Å². The second kappa shape index (κ2) is 4.77. The van der Waals surface area contributed by atoms with E-state index < -0.39 is 10.0 Å². The molecule has 5 nitrogen and oxygen atoms in total. The highest BCUT2D eigenvalue weighted by molar-refractivity contribution is 7.89. The molecule has 0 aliphatic carbocycles. The Morgan fingerprint density at radius 3 is 2.86 bits per heavy atom. The van der Waals surface area contributed by atoms with Crippen molar-refractivity contribution in [3.05, 3.63) is 17.5 Å². The Hall–Kier alpha value is -0.590. The van der Waals surface area contributed by atoms with Crippen LogP contribution >= 0.6 is 11.6 Å². The summed E-state index contributed by atoms with van der Waals surface area (Å²) in [6.07, 6.45) is 0. The highest BCUT2D eigenvalue weighted by Crippen LogP contribution is 2.02. The molecule has 0 unspecified atom stereocenters. The number of halogens is 1. The second-order valence-electron chi connectivity index (χ2n) is 2.76. The maximum absolute atomic E-state index is 11.2. The second-order valence-corrected chi connectivity index (χ2v) is 5.07. The first kappa shape index (κ1) is 11.5. The average molecular weight is 239 g/mol. The van der Waals surface area contributed by atoms with Crippen molar-refractivity contribution in [2.45, 2.75) is 13.5 Å². The maximum atomic E-state index is 11.2. The van der Waals surface area contributed by atoms with Crippen molar-refractivity contribution >= 4 is 21.6 Å². The summed E-state index contributed by atoms with van der Waals surface area (Å²) in [5, 5.41) is 3.63. The first-order valence-electron chi connectivity index (χ1n) is 3.99. The third-order valence-corrected chi connectivity index (χ3v) is 3.23. The number of hydrogen-bond donors (Lipinski definition) is 1. The minimum atomic E-state index is -3.29. The fourth-order valence-corrected chi connectivity index (χ4v) is 2.17. The molecule has 7 heteroatoms. The lowest BCUT2D eigenvalue weighted by atomic mass is 10.4. The van der Waals surface area contributed by atoms with Gasteiger partial charge >= 0.3 is 0 Å². The van der Waals surface area contributed by atoms with Crippen LogP contribution in [0.1, 0.15) is 11.5 Å². The number of aromatic nitrogens is 1.